The first-order valence-corrected chi connectivity index (χ1v) is 11.0. The predicted molar refractivity (Wildman–Crippen MR) is 118 cm³/mol. The molecule has 2 N–H and O–H groups in total. The van der Waals surface area contributed by atoms with Crippen molar-refractivity contribution in [1.82, 2.24) is 9.88 Å². The summed E-state index contributed by atoms with van der Waals surface area (Å²) in [6, 6.07) is 14.8. The maximum Gasteiger partial charge on any atom is 0.221 e. The third kappa shape index (κ3) is 4.73. The topological polar surface area (TPSA) is 38.5 Å². The number of para-hydroxylation sites is 1. The molecule has 0 unspecified atom stereocenters. The number of hydrogen-bond donors (Lipinski definition) is 2. The van der Waals surface area contributed by atoms with Crippen molar-refractivity contribution < 1.29 is 14.1 Å². The number of carbonyl (C=O) groups is 1. The van der Waals surface area contributed by atoms with E-state index in [4.69, 9.17) is 0 Å². The van der Waals surface area contributed by atoms with Gasteiger partial charge in [-0.2, -0.15) is 0 Å². The molecule has 0 bridgehead atoms. The highest BCUT2D eigenvalue weighted by atomic mass is 19.1. The number of benzene rings is 2. The van der Waals surface area contributed by atoms with Crippen LogP contribution in [-0.2, 0) is 11.8 Å². The average molecular weight is 409 g/mol. The van der Waals surface area contributed by atoms with Crippen LogP contribution in [0.1, 0.15) is 42.7 Å². The molecule has 0 saturated carbocycles. The molecule has 1 aliphatic heterocycles. The lowest BCUT2D eigenvalue weighted by Crippen LogP contribution is -3.13. The molecule has 1 aromatic heterocycles. The molecule has 30 heavy (non-hydrogen) atoms. The van der Waals surface area contributed by atoms with E-state index in [1.165, 1.54) is 38.4 Å². The van der Waals surface area contributed by atoms with E-state index < -0.39 is 0 Å². The number of nitrogens with zero attached hydrogens (tertiary/aromatic N) is 1. The summed E-state index contributed by atoms with van der Waals surface area (Å²) in [5.41, 5.74) is 3.02. The van der Waals surface area contributed by atoms with Crippen LogP contribution in [0.15, 0.2) is 54.7 Å². The van der Waals surface area contributed by atoms with E-state index in [1.807, 2.05) is 25.2 Å². The van der Waals surface area contributed by atoms with Crippen LogP contribution in [0.2, 0.25) is 0 Å². The van der Waals surface area contributed by atoms with E-state index in [-0.39, 0.29) is 17.6 Å². The summed E-state index contributed by atoms with van der Waals surface area (Å²) < 4.78 is 16.1. The number of carbonyl (C=O) groups excluding carboxylic acids is 1. The molecular formula is C25H31FN3O+. The summed E-state index contributed by atoms with van der Waals surface area (Å²) >= 11 is 0. The Balaban J connectivity index is 1.53. The van der Waals surface area contributed by atoms with E-state index in [1.54, 1.807) is 17.0 Å². The van der Waals surface area contributed by atoms with Crippen LogP contribution in [0.3, 0.4) is 0 Å². The van der Waals surface area contributed by atoms with Crippen molar-refractivity contribution >= 4 is 16.8 Å². The van der Waals surface area contributed by atoms with Gasteiger partial charge in [0.1, 0.15) is 5.82 Å². The predicted octanol–water partition coefficient (Wildman–Crippen LogP) is 3.02. The molecule has 2 aromatic carbocycles. The fraction of sp³-hybridized carbons (Fsp3) is 0.400. The highest BCUT2D eigenvalue weighted by Crippen LogP contribution is 2.34. The summed E-state index contributed by atoms with van der Waals surface area (Å²) in [5.74, 6) is -0.436. The Kier molecular flexibility index (Phi) is 6.48. The zero-order valence-electron chi connectivity index (χ0n) is 17.7. The Hall–Kier alpha value is -2.66. The van der Waals surface area contributed by atoms with Crippen LogP contribution in [0, 0.1) is 5.82 Å². The third-order valence-electron chi connectivity index (χ3n) is 6.31. The lowest BCUT2D eigenvalue weighted by molar-refractivity contribution is -0.903. The van der Waals surface area contributed by atoms with Gasteiger partial charge in [-0.3, -0.25) is 4.79 Å². The highest BCUT2D eigenvalue weighted by Gasteiger charge is 2.23. The van der Waals surface area contributed by atoms with Gasteiger partial charge in [0.2, 0.25) is 5.91 Å². The van der Waals surface area contributed by atoms with Crippen molar-refractivity contribution in [1.29, 1.82) is 0 Å². The van der Waals surface area contributed by atoms with Crippen molar-refractivity contribution in [3.05, 3.63) is 71.7 Å². The SMILES string of the molecule is Cn1cc([C@H](CC(=O)NCC[NH+]2CCCCC2)c2cccc(F)c2)c2ccccc21. The molecule has 0 spiro atoms. The quantitative estimate of drug-likeness (QED) is 0.620. The Bertz CT molecular complexity index is 1010. The molecule has 1 fully saturated rings. The lowest BCUT2D eigenvalue weighted by atomic mass is 9.88. The zero-order valence-corrected chi connectivity index (χ0v) is 17.7. The lowest BCUT2D eigenvalue weighted by Gasteiger charge is -2.23. The minimum absolute atomic E-state index is 0.0219. The first-order chi connectivity index (χ1) is 14.6. The third-order valence-corrected chi connectivity index (χ3v) is 6.31. The van der Waals surface area contributed by atoms with Gasteiger partial charge in [-0.25, -0.2) is 4.39 Å². The number of likely N-dealkylation sites (tertiary alicyclic amines) is 1. The largest absolute Gasteiger partial charge is 0.350 e. The number of halogens is 1. The van der Waals surface area contributed by atoms with Gasteiger partial charge < -0.3 is 14.8 Å². The number of fused-ring (bicyclic) bond motifs is 1. The Labute approximate surface area is 177 Å². The number of nitrogens with one attached hydrogen (secondary N) is 2. The second-order valence-electron chi connectivity index (χ2n) is 8.43. The van der Waals surface area contributed by atoms with E-state index in [0.717, 1.165) is 28.6 Å². The summed E-state index contributed by atoms with van der Waals surface area (Å²) in [7, 11) is 2.01. The molecule has 1 aliphatic rings. The van der Waals surface area contributed by atoms with Crippen molar-refractivity contribution in [3.8, 4) is 0 Å². The van der Waals surface area contributed by atoms with Gasteiger partial charge in [0.05, 0.1) is 26.2 Å². The first kappa shape index (κ1) is 20.6. The minimum atomic E-state index is -0.271. The Morgan fingerprint density at radius 3 is 2.73 bits per heavy atom. The van der Waals surface area contributed by atoms with Crippen LogP contribution in [0.4, 0.5) is 4.39 Å². The number of aromatic nitrogens is 1. The maximum atomic E-state index is 14.0. The molecule has 2 heterocycles. The van der Waals surface area contributed by atoms with Gasteiger partial charge in [-0.05, 0) is 48.6 Å². The number of hydrogen-bond acceptors (Lipinski definition) is 1. The maximum absolute atomic E-state index is 14.0. The number of amides is 1. The summed E-state index contributed by atoms with van der Waals surface area (Å²) in [6.07, 6.45) is 6.28. The first-order valence-electron chi connectivity index (χ1n) is 11.0. The number of rotatable bonds is 7. The average Bonchev–Trinajstić information content (AvgIpc) is 3.09. The standard InChI is InChI=1S/C25H30FN3O/c1-28-18-23(21-10-3-4-11-24(21)28)22(19-8-7-9-20(26)16-19)17-25(30)27-12-15-29-13-5-2-6-14-29/h3-4,7-11,16,18,22H,2,5-6,12-15,17H2,1H3,(H,27,30)/p+1/t22-/m1/s1. The normalized spacial score (nSPS) is 15.9. The second-order valence-corrected chi connectivity index (χ2v) is 8.43. The van der Waals surface area contributed by atoms with E-state index in [9.17, 15) is 9.18 Å². The molecule has 158 valence electrons. The van der Waals surface area contributed by atoms with E-state index in [0.29, 0.717) is 13.0 Å². The van der Waals surface area contributed by atoms with Gasteiger partial charge in [0.15, 0.2) is 0 Å². The van der Waals surface area contributed by atoms with Crippen LogP contribution < -0.4 is 10.2 Å². The van der Waals surface area contributed by atoms with Gasteiger partial charge in [-0.1, -0.05) is 30.3 Å². The van der Waals surface area contributed by atoms with Crippen molar-refractivity contribution in [2.24, 2.45) is 7.05 Å². The van der Waals surface area contributed by atoms with Crippen LogP contribution >= 0.6 is 0 Å². The zero-order chi connectivity index (χ0) is 20.9. The Morgan fingerprint density at radius 1 is 1.13 bits per heavy atom. The molecule has 0 aliphatic carbocycles. The fourth-order valence-corrected chi connectivity index (χ4v) is 4.72. The summed E-state index contributed by atoms with van der Waals surface area (Å²) in [5, 5.41) is 4.22. The minimum Gasteiger partial charge on any atom is -0.350 e. The summed E-state index contributed by atoms with van der Waals surface area (Å²) in [6.45, 7) is 4.08. The van der Waals surface area contributed by atoms with Crippen LogP contribution in [0.5, 0.6) is 0 Å². The van der Waals surface area contributed by atoms with Crippen LogP contribution in [-0.4, -0.2) is 36.7 Å². The fourth-order valence-electron chi connectivity index (χ4n) is 4.72. The van der Waals surface area contributed by atoms with Crippen molar-refractivity contribution in [2.45, 2.75) is 31.6 Å². The molecule has 1 atom stereocenters. The molecular weight excluding hydrogens is 377 g/mol. The molecule has 1 saturated heterocycles. The Morgan fingerprint density at radius 2 is 1.93 bits per heavy atom. The number of aryl methyl sites for hydroxylation is 1. The van der Waals surface area contributed by atoms with Gasteiger partial charge >= 0.3 is 0 Å². The molecule has 1 amide bonds. The van der Waals surface area contributed by atoms with Gasteiger partial charge in [0, 0.05) is 36.5 Å². The van der Waals surface area contributed by atoms with Crippen molar-refractivity contribution in [3.63, 3.8) is 0 Å². The molecule has 0 radical (unpaired) electrons. The molecule has 3 aromatic rings. The molecule has 5 heteroatoms. The van der Waals surface area contributed by atoms with Crippen molar-refractivity contribution in [2.75, 3.05) is 26.2 Å². The number of piperidine rings is 1. The monoisotopic (exact) mass is 408 g/mol. The second kappa shape index (κ2) is 9.43. The smallest absolute Gasteiger partial charge is 0.221 e. The molecule has 4 nitrogen and oxygen atoms in total. The van der Waals surface area contributed by atoms with E-state index in [2.05, 4.69) is 28.2 Å². The highest BCUT2D eigenvalue weighted by molar-refractivity contribution is 5.86. The van der Waals surface area contributed by atoms with Gasteiger partial charge in [0.25, 0.3) is 0 Å². The molecule has 4 rings (SSSR count). The summed E-state index contributed by atoms with van der Waals surface area (Å²) in [4.78, 5) is 14.4. The number of quaternary nitrogens is 1. The van der Waals surface area contributed by atoms with Gasteiger partial charge in [-0.15, -0.1) is 0 Å². The van der Waals surface area contributed by atoms with Crippen LogP contribution in [0.25, 0.3) is 10.9 Å². The van der Waals surface area contributed by atoms with E-state index >= 15 is 0 Å².